The number of aromatic nitrogens is 4. The molecule has 0 fully saturated rings. The molecular weight excluding hydrogens is 630 g/mol. The minimum absolute atomic E-state index is 0.0320. The summed E-state index contributed by atoms with van der Waals surface area (Å²) < 4.78 is 64.3. The van der Waals surface area contributed by atoms with Gasteiger partial charge in [0.25, 0.3) is 10.0 Å². The van der Waals surface area contributed by atoms with Crippen molar-refractivity contribution in [1.82, 2.24) is 18.6 Å². The summed E-state index contributed by atoms with van der Waals surface area (Å²) in [5, 5.41) is 3.55. The maximum Gasteiger partial charge on any atom is 0.268 e. The van der Waals surface area contributed by atoms with E-state index >= 15 is 0 Å². The van der Waals surface area contributed by atoms with Gasteiger partial charge < -0.3 is 4.74 Å². The van der Waals surface area contributed by atoms with E-state index in [1.807, 2.05) is 0 Å². The van der Waals surface area contributed by atoms with Gasteiger partial charge in [0.05, 0.1) is 27.0 Å². The highest BCUT2D eigenvalue weighted by Crippen LogP contribution is 2.33. The molecule has 12 heteroatoms. The molecular formula is C30H17BrF2N4O4S. The molecule has 42 heavy (non-hydrogen) atoms. The Balaban J connectivity index is 1.36. The van der Waals surface area contributed by atoms with E-state index < -0.39 is 27.4 Å². The molecule has 0 bridgehead atoms. The van der Waals surface area contributed by atoms with Crippen LogP contribution in [0.5, 0.6) is 11.5 Å². The van der Waals surface area contributed by atoms with Gasteiger partial charge in [0.15, 0.2) is 17.2 Å². The summed E-state index contributed by atoms with van der Waals surface area (Å²) >= 11 is 3.47. The molecule has 3 aromatic heterocycles. The maximum atomic E-state index is 14.1. The summed E-state index contributed by atoms with van der Waals surface area (Å²) in [4.78, 5) is 18.7. The summed E-state index contributed by atoms with van der Waals surface area (Å²) in [6, 6.07) is 22.9. The molecule has 0 atom stereocenters. The van der Waals surface area contributed by atoms with Crippen molar-refractivity contribution in [2.45, 2.75) is 4.90 Å². The molecule has 0 aliphatic heterocycles. The summed E-state index contributed by atoms with van der Waals surface area (Å²) in [7, 11) is -4.16. The van der Waals surface area contributed by atoms with Gasteiger partial charge in [-0.2, -0.15) is 4.39 Å². The number of nitrogens with zero attached hydrogens (tertiary/aromatic N) is 3. The largest absolute Gasteiger partial charge is 0.454 e. The summed E-state index contributed by atoms with van der Waals surface area (Å²) in [5.41, 5.74) is 1.63. The predicted molar refractivity (Wildman–Crippen MR) is 156 cm³/mol. The second-order valence-electron chi connectivity index (χ2n) is 9.38. The van der Waals surface area contributed by atoms with Crippen LogP contribution >= 0.6 is 15.9 Å². The summed E-state index contributed by atoms with van der Waals surface area (Å²) in [5.74, 6) is -2.80. The van der Waals surface area contributed by atoms with Gasteiger partial charge in [-0.3, -0.25) is 9.89 Å². The quantitative estimate of drug-likeness (QED) is 0.195. The highest BCUT2D eigenvalue weighted by Gasteiger charge is 2.29. The monoisotopic (exact) mass is 646 g/mol. The van der Waals surface area contributed by atoms with Crippen LogP contribution in [0.4, 0.5) is 8.78 Å². The van der Waals surface area contributed by atoms with Gasteiger partial charge in [-0.05, 0) is 54.6 Å². The Morgan fingerprint density at radius 1 is 0.905 bits per heavy atom. The first-order chi connectivity index (χ1) is 20.2. The number of H-pyrrole nitrogens is 1. The first kappa shape index (κ1) is 26.1. The van der Waals surface area contributed by atoms with E-state index in [0.29, 0.717) is 26.4 Å². The van der Waals surface area contributed by atoms with Crippen LogP contribution in [0.25, 0.3) is 27.6 Å². The van der Waals surface area contributed by atoms with Gasteiger partial charge in [0.1, 0.15) is 11.4 Å². The lowest BCUT2D eigenvalue weighted by molar-refractivity contribution is 0.103. The standard InChI is InChI=1S/C30H17BrF2N4O4S/c31-21-8-4-10-24-19(21)15-26(37(24)42(39,40)18-6-2-1-3-7-18)29(38)20-16-34-36-25-13-12-17(14-23(25)35-30(20)36)41-27-11-5-9-22(32)28(27)33/h1-16,34H. The van der Waals surface area contributed by atoms with Gasteiger partial charge in [-0.15, -0.1) is 0 Å². The highest BCUT2D eigenvalue weighted by atomic mass is 79.9. The molecule has 0 saturated carbocycles. The van der Waals surface area contributed by atoms with Crippen molar-refractivity contribution >= 4 is 59.3 Å². The van der Waals surface area contributed by atoms with Crippen molar-refractivity contribution in [2.24, 2.45) is 0 Å². The first-order valence-corrected chi connectivity index (χ1v) is 14.7. The molecule has 0 amide bonds. The molecule has 1 N–H and O–H groups in total. The zero-order valence-corrected chi connectivity index (χ0v) is 23.7. The molecule has 8 nitrogen and oxygen atoms in total. The van der Waals surface area contributed by atoms with E-state index in [2.05, 4.69) is 26.0 Å². The van der Waals surface area contributed by atoms with Crippen LogP contribution in [0.1, 0.15) is 16.1 Å². The van der Waals surface area contributed by atoms with Crippen LogP contribution in [-0.4, -0.2) is 32.8 Å². The third-order valence-corrected chi connectivity index (χ3v) is 9.29. The Morgan fingerprint density at radius 3 is 2.50 bits per heavy atom. The Hall–Kier alpha value is -4.81. The molecule has 7 rings (SSSR count). The molecule has 4 aromatic carbocycles. The lowest BCUT2D eigenvalue weighted by Crippen LogP contribution is -2.19. The van der Waals surface area contributed by atoms with Crippen molar-refractivity contribution in [3.8, 4) is 11.5 Å². The lowest BCUT2D eigenvalue weighted by atomic mass is 10.1. The molecule has 0 aliphatic rings. The number of fused-ring (bicyclic) bond motifs is 4. The third-order valence-electron chi connectivity index (χ3n) is 6.86. The first-order valence-electron chi connectivity index (χ1n) is 12.5. The van der Waals surface area contributed by atoms with Crippen LogP contribution in [0.2, 0.25) is 0 Å². The van der Waals surface area contributed by atoms with E-state index in [-0.39, 0.29) is 33.3 Å². The van der Waals surface area contributed by atoms with E-state index in [0.717, 1.165) is 10.0 Å². The second-order valence-corrected chi connectivity index (χ2v) is 12.0. The van der Waals surface area contributed by atoms with Crippen molar-refractivity contribution < 1.29 is 26.7 Å². The Morgan fingerprint density at radius 2 is 1.69 bits per heavy atom. The average molecular weight is 647 g/mol. The molecule has 0 unspecified atom stereocenters. The van der Waals surface area contributed by atoms with E-state index in [4.69, 9.17) is 4.74 Å². The zero-order chi connectivity index (χ0) is 29.2. The normalized spacial score (nSPS) is 12.0. The third kappa shape index (κ3) is 4.02. The zero-order valence-electron chi connectivity index (χ0n) is 21.3. The maximum absolute atomic E-state index is 14.1. The number of carbonyl (C=O) groups is 1. The molecule has 7 aromatic rings. The number of aromatic amines is 1. The van der Waals surface area contributed by atoms with Crippen molar-refractivity contribution in [3.63, 3.8) is 0 Å². The van der Waals surface area contributed by atoms with Crippen LogP contribution in [-0.2, 0) is 10.0 Å². The van der Waals surface area contributed by atoms with Gasteiger partial charge in [-0.25, -0.2) is 26.3 Å². The summed E-state index contributed by atoms with van der Waals surface area (Å²) in [6.45, 7) is 0. The van der Waals surface area contributed by atoms with Crippen molar-refractivity contribution in [1.29, 1.82) is 0 Å². The number of halogens is 3. The number of ketones is 1. The van der Waals surface area contributed by atoms with Crippen molar-refractivity contribution in [2.75, 3.05) is 0 Å². The number of hydrogen-bond acceptors (Lipinski definition) is 5. The molecule has 0 aliphatic carbocycles. The minimum Gasteiger partial charge on any atom is -0.454 e. The number of imidazole rings is 1. The van der Waals surface area contributed by atoms with Crippen LogP contribution in [0.3, 0.4) is 0 Å². The number of hydrogen-bond donors (Lipinski definition) is 1. The fourth-order valence-corrected chi connectivity index (χ4v) is 6.90. The van der Waals surface area contributed by atoms with Crippen LogP contribution in [0.15, 0.2) is 107 Å². The van der Waals surface area contributed by atoms with Crippen LogP contribution < -0.4 is 4.74 Å². The van der Waals surface area contributed by atoms with Crippen molar-refractivity contribution in [3.05, 3.63) is 125 Å². The lowest BCUT2D eigenvalue weighted by Gasteiger charge is -2.11. The Bertz CT molecular complexity index is 2310. The number of carbonyl (C=O) groups excluding carboxylic acids is 1. The fourth-order valence-electron chi connectivity index (χ4n) is 4.91. The number of ether oxygens (including phenoxy) is 1. The molecule has 0 saturated heterocycles. The molecule has 3 heterocycles. The Kier molecular flexibility index (Phi) is 5.99. The predicted octanol–water partition coefficient (Wildman–Crippen LogP) is 7.07. The molecule has 0 spiro atoms. The number of nitrogens with one attached hydrogen (secondary N) is 1. The highest BCUT2D eigenvalue weighted by molar-refractivity contribution is 9.10. The van der Waals surface area contributed by atoms with E-state index in [1.54, 1.807) is 53.0 Å². The van der Waals surface area contributed by atoms with Gasteiger partial charge in [0, 0.05) is 22.1 Å². The van der Waals surface area contributed by atoms with Gasteiger partial charge >= 0.3 is 0 Å². The number of benzene rings is 4. The van der Waals surface area contributed by atoms with Gasteiger partial charge in [-0.1, -0.05) is 46.3 Å². The molecule has 0 radical (unpaired) electrons. The number of rotatable bonds is 6. The van der Waals surface area contributed by atoms with Crippen LogP contribution in [0, 0.1) is 11.6 Å². The second kappa shape index (κ2) is 9.64. The SMILES string of the molecule is O=C(c1c[nH]n2c1nc1cc(Oc3cccc(F)c3F)ccc12)c1cc2c(Br)cccc2n1S(=O)(=O)c1ccccc1. The summed E-state index contributed by atoms with van der Waals surface area (Å²) in [6.07, 6.45) is 1.46. The minimum atomic E-state index is -4.16. The topological polar surface area (TPSA) is 98.5 Å². The average Bonchev–Trinajstić information content (AvgIpc) is 3.68. The van der Waals surface area contributed by atoms with E-state index in [9.17, 15) is 22.0 Å². The molecule has 208 valence electrons. The fraction of sp³-hybridized carbons (Fsp3) is 0. The smallest absolute Gasteiger partial charge is 0.268 e. The van der Waals surface area contributed by atoms with Gasteiger partial charge in [0.2, 0.25) is 11.6 Å². The van der Waals surface area contributed by atoms with E-state index in [1.165, 1.54) is 42.6 Å². The Labute approximate surface area is 244 Å².